The van der Waals surface area contributed by atoms with E-state index in [1.807, 2.05) is 12.5 Å². The van der Waals surface area contributed by atoms with Crippen molar-refractivity contribution in [2.75, 3.05) is 0 Å². The molecular weight excluding hydrogens is 210 g/mol. The number of imidazole rings is 1. The molecule has 96 valence electrons. The van der Waals surface area contributed by atoms with Crippen LogP contribution in [-0.2, 0) is 13.1 Å². The Labute approximate surface area is 105 Å². The molecule has 1 aliphatic rings. The van der Waals surface area contributed by atoms with E-state index in [1.54, 1.807) is 0 Å². The smallest absolute Gasteiger partial charge is 0.0948 e. The van der Waals surface area contributed by atoms with Gasteiger partial charge in [0.05, 0.1) is 12.0 Å². The molecule has 0 aliphatic heterocycles. The lowest BCUT2D eigenvalue weighted by atomic mass is 9.79. The van der Waals surface area contributed by atoms with Crippen molar-refractivity contribution in [3.63, 3.8) is 0 Å². The normalized spacial score (nSPS) is 29.5. The molecule has 3 nitrogen and oxygen atoms in total. The average molecular weight is 235 g/mol. The fourth-order valence-corrected chi connectivity index (χ4v) is 2.76. The Morgan fingerprint density at radius 1 is 1.35 bits per heavy atom. The molecule has 3 unspecified atom stereocenters. The topological polar surface area (TPSA) is 29.9 Å². The zero-order valence-electron chi connectivity index (χ0n) is 11.3. The van der Waals surface area contributed by atoms with E-state index in [4.69, 9.17) is 0 Å². The van der Waals surface area contributed by atoms with Gasteiger partial charge < -0.3 is 9.88 Å². The molecule has 1 saturated carbocycles. The summed E-state index contributed by atoms with van der Waals surface area (Å²) in [5.41, 5.74) is 1.30. The van der Waals surface area contributed by atoms with Crippen molar-refractivity contribution in [2.24, 2.45) is 11.8 Å². The van der Waals surface area contributed by atoms with Crippen molar-refractivity contribution in [1.29, 1.82) is 0 Å². The van der Waals surface area contributed by atoms with Gasteiger partial charge in [-0.3, -0.25) is 0 Å². The average Bonchev–Trinajstić information content (AvgIpc) is 2.78. The molecule has 3 atom stereocenters. The van der Waals surface area contributed by atoms with Gasteiger partial charge in [0.1, 0.15) is 0 Å². The van der Waals surface area contributed by atoms with Crippen molar-refractivity contribution in [1.82, 2.24) is 14.9 Å². The van der Waals surface area contributed by atoms with E-state index in [0.29, 0.717) is 6.04 Å². The first-order chi connectivity index (χ1) is 8.20. The van der Waals surface area contributed by atoms with Crippen LogP contribution in [0.25, 0.3) is 0 Å². The summed E-state index contributed by atoms with van der Waals surface area (Å²) in [5.74, 6) is 1.76. The molecule has 0 bridgehead atoms. The van der Waals surface area contributed by atoms with Crippen molar-refractivity contribution in [3.8, 4) is 0 Å². The Morgan fingerprint density at radius 3 is 2.88 bits per heavy atom. The Balaban J connectivity index is 1.82. The highest BCUT2D eigenvalue weighted by Gasteiger charge is 2.24. The Bertz CT molecular complexity index is 345. The first-order valence-corrected chi connectivity index (χ1v) is 6.93. The number of nitrogens with one attached hydrogen (secondary N) is 1. The second-order valence-corrected chi connectivity index (χ2v) is 5.52. The molecule has 0 radical (unpaired) electrons. The van der Waals surface area contributed by atoms with Crippen LogP contribution in [-0.4, -0.2) is 15.6 Å². The van der Waals surface area contributed by atoms with Gasteiger partial charge in [-0.25, -0.2) is 4.98 Å². The van der Waals surface area contributed by atoms with Crippen LogP contribution in [0.1, 0.15) is 45.7 Å². The lowest BCUT2D eigenvalue weighted by molar-refractivity contribution is 0.225. The number of nitrogens with zero attached hydrogens (tertiary/aromatic N) is 2. The Hall–Kier alpha value is -0.830. The predicted octanol–water partition coefficient (Wildman–Crippen LogP) is 2.82. The van der Waals surface area contributed by atoms with E-state index in [0.717, 1.165) is 24.9 Å². The maximum atomic E-state index is 4.21. The number of aromatic nitrogens is 2. The first-order valence-electron chi connectivity index (χ1n) is 6.93. The van der Waals surface area contributed by atoms with E-state index in [1.165, 1.54) is 25.0 Å². The fraction of sp³-hybridized carbons (Fsp3) is 0.786. The van der Waals surface area contributed by atoms with E-state index >= 15 is 0 Å². The summed E-state index contributed by atoms with van der Waals surface area (Å²) >= 11 is 0. The second-order valence-electron chi connectivity index (χ2n) is 5.52. The third-order valence-electron chi connectivity index (χ3n) is 4.31. The van der Waals surface area contributed by atoms with Crippen molar-refractivity contribution in [3.05, 3.63) is 18.2 Å². The molecule has 1 aliphatic carbocycles. The van der Waals surface area contributed by atoms with Gasteiger partial charge in [-0.15, -0.1) is 0 Å². The lowest BCUT2D eigenvalue weighted by Crippen LogP contribution is -2.36. The highest BCUT2D eigenvalue weighted by atomic mass is 15.1. The standard InChI is InChI=1S/C14H25N3/c1-4-17-10-15-8-14(17)9-16-13-6-5-11(2)12(3)7-13/h8,10-13,16H,4-7,9H2,1-3H3. The van der Waals surface area contributed by atoms with E-state index in [2.05, 4.69) is 35.6 Å². The molecule has 1 fully saturated rings. The molecule has 1 N–H and O–H groups in total. The summed E-state index contributed by atoms with van der Waals surface area (Å²) in [7, 11) is 0. The van der Waals surface area contributed by atoms with E-state index in [-0.39, 0.29) is 0 Å². The highest BCUT2D eigenvalue weighted by molar-refractivity contribution is 4.98. The minimum Gasteiger partial charge on any atom is -0.334 e. The molecule has 17 heavy (non-hydrogen) atoms. The molecular formula is C14H25N3. The van der Waals surface area contributed by atoms with Gasteiger partial charge in [0.15, 0.2) is 0 Å². The number of hydrogen-bond donors (Lipinski definition) is 1. The molecule has 0 aromatic carbocycles. The van der Waals surface area contributed by atoms with Crippen LogP contribution in [0.4, 0.5) is 0 Å². The van der Waals surface area contributed by atoms with Crippen LogP contribution in [0.5, 0.6) is 0 Å². The monoisotopic (exact) mass is 235 g/mol. The molecule has 0 saturated heterocycles. The Morgan fingerprint density at radius 2 is 2.18 bits per heavy atom. The van der Waals surface area contributed by atoms with Gasteiger partial charge in [0.2, 0.25) is 0 Å². The second kappa shape index (κ2) is 5.67. The summed E-state index contributed by atoms with van der Waals surface area (Å²) in [6.07, 6.45) is 7.91. The van der Waals surface area contributed by atoms with Gasteiger partial charge in [0, 0.05) is 25.3 Å². The van der Waals surface area contributed by atoms with E-state index < -0.39 is 0 Å². The van der Waals surface area contributed by atoms with Gasteiger partial charge in [-0.05, 0) is 38.0 Å². The van der Waals surface area contributed by atoms with Crippen LogP contribution in [0, 0.1) is 11.8 Å². The molecule has 1 aromatic heterocycles. The number of rotatable bonds is 4. The maximum Gasteiger partial charge on any atom is 0.0948 e. The largest absolute Gasteiger partial charge is 0.334 e. The third-order valence-corrected chi connectivity index (χ3v) is 4.31. The summed E-state index contributed by atoms with van der Waals surface area (Å²) in [4.78, 5) is 4.21. The molecule has 1 aromatic rings. The lowest BCUT2D eigenvalue weighted by Gasteiger charge is -2.32. The fourth-order valence-electron chi connectivity index (χ4n) is 2.76. The van der Waals surface area contributed by atoms with Gasteiger partial charge >= 0.3 is 0 Å². The Kier molecular flexibility index (Phi) is 4.21. The quantitative estimate of drug-likeness (QED) is 0.869. The van der Waals surface area contributed by atoms with Crippen molar-refractivity contribution >= 4 is 0 Å². The van der Waals surface area contributed by atoms with Crippen LogP contribution in [0.3, 0.4) is 0 Å². The zero-order chi connectivity index (χ0) is 12.3. The third kappa shape index (κ3) is 3.09. The van der Waals surface area contributed by atoms with Crippen LogP contribution in [0.15, 0.2) is 12.5 Å². The van der Waals surface area contributed by atoms with Crippen LogP contribution < -0.4 is 5.32 Å². The van der Waals surface area contributed by atoms with Gasteiger partial charge in [-0.2, -0.15) is 0 Å². The number of hydrogen-bond acceptors (Lipinski definition) is 2. The maximum absolute atomic E-state index is 4.21. The predicted molar refractivity (Wildman–Crippen MR) is 70.7 cm³/mol. The summed E-state index contributed by atoms with van der Waals surface area (Å²) in [6, 6.07) is 0.696. The molecule has 0 amide bonds. The summed E-state index contributed by atoms with van der Waals surface area (Å²) in [6.45, 7) is 8.89. The molecule has 0 spiro atoms. The summed E-state index contributed by atoms with van der Waals surface area (Å²) in [5, 5.41) is 3.69. The van der Waals surface area contributed by atoms with Gasteiger partial charge in [-0.1, -0.05) is 13.8 Å². The minimum atomic E-state index is 0.696. The first kappa shape index (κ1) is 12.6. The zero-order valence-corrected chi connectivity index (χ0v) is 11.3. The van der Waals surface area contributed by atoms with Gasteiger partial charge in [0.25, 0.3) is 0 Å². The van der Waals surface area contributed by atoms with E-state index in [9.17, 15) is 0 Å². The number of aryl methyl sites for hydroxylation is 1. The van der Waals surface area contributed by atoms with Crippen molar-refractivity contribution in [2.45, 2.75) is 59.2 Å². The molecule has 2 rings (SSSR count). The molecule has 1 heterocycles. The highest BCUT2D eigenvalue weighted by Crippen LogP contribution is 2.29. The van der Waals surface area contributed by atoms with Crippen molar-refractivity contribution < 1.29 is 0 Å². The minimum absolute atomic E-state index is 0.696. The summed E-state index contributed by atoms with van der Waals surface area (Å²) < 4.78 is 2.21. The van der Waals surface area contributed by atoms with Crippen LogP contribution >= 0.6 is 0 Å². The molecule has 3 heteroatoms. The van der Waals surface area contributed by atoms with Crippen LogP contribution in [0.2, 0.25) is 0 Å². The SMILES string of the molecule is CCn1cncc1CNC1CCC(C)C(C)C1.